The number of likely N-dealkylation sites (N-methyl/N-ethyl adjacent to an activating group) is 1. The molecular formula is C27H28ClFN6O. The number of likely N-dealkylation sites (tertiary alicyclic amines) is 1. The number of fused-ring (bicyclic) bond motifs is 2. The van der Waals surface area contributed by atoms with Crippen LogP contribution < -0.4 is 15.0 Å². The molecule has 4 aromatic rings. The van der Waals surface area contributed by atoms with Gasteiger partial charge < -0.3 is 19.9 Å². The normalized spacial score (nSPS) is 18.9. The van der Waals surface area contributed by atoms with Gasteiger partial charge in [-0.2, -0.15) is 9.97 Å². The van der Waals surface area contributed by atoms with E-state index in [9.17, 15) is 0 Å². The van der Waals surface area contributed by atoms with Gasteiger partial charge in [0.15, 0.2) is 5.82 Å². The van der Waals surface area contributed by atoms with Crippen molar-refractivity contribution >= 4 is 39.1 Å². The van der Waals surface area contributed by atoms with E-state index < -0.39 is 5.82 Å². The molecule has 2 aliphatic heterocycles. The number of piperazine rings is 1. The zero-order valence-corrected chi connectivity index (χ0v) is 20.9. The van der Waals surface area contributed by atoms with Gasteiger partial charge in [-0.05, 0) is 37.9 Å². The minimum atomic E-state index is -0.499. The average Bonchev–Trinajstić information content (AvgIpc) is 3.32. The molecule has 0 bridgehead atoms. The van der Waals surface area contributed by atoms with Gasteiger partial charge in [0.2, 0.25) is 0 Å². The molecular weight excluding hydrogens is 479 g/mol. The van der Waals surface area contributed by atoms with E-state index in [1.165, 1.54) is 0 Å². The van der Waals surface area contributed by atoms with Crippen molar-refractivity contribution in [2.75, 3.05) is 51.3 Å². The van der Waals surface area contributed by atoms with Gasteiger partial charge in [-0.15, -0.1) is 0 Å². The molecule has 2 fully saturated rings. The van der Waals surface area contributed by atoms with E-state index in [4.69, 9.17) is 21.3 Å². The largest absolute Gasteiger partial charge is 0.462 e. The molecule has 0 amide bonds. The first-order valence-corrected chi connectivity index (χ1v) is 12.8. The van der Waals surface area contributed by atoms with E-state index in [2.05, 4.69) is 32.1 Å². The predicted molar refractivity (Wildman–Crippen MR) is 141 cm³/mol. The van der Waals surface area contributed by atoms with Crippen LogP contribution in [0.25, 0.3) is 32.9 Å². The Labute approximate surface area is 214 Å². The molecule has 2 saturated heterocycles. The maximum Gasteiger partial charge on any atom is 0.319 e. The molecule has 0 spiro atoms. The highest BCUT2D eigenvalue weighted by molar-refractivity contribution is 6.36. The second kappa shape index (κ2) is 9.76. The van der Waals surface area contributed by atoms with Gasteiger partial charge in [0.05, 0.1) is 5.39 Å². The number of ether oxygens (including phenoxy) is 1. The van der Waals surface area contributed by atoms with E-state index in [1.54, 1.807) is 6.20 Å². The second-order valence-electron chi connectivity index (χ2n) is 9.48. The van der Waals surface area contributed by atoms with Crippen molar-refractivity contribution in [2.24, 2.45) is 0 Å². The Kier molecular flexibility index (Phi) is 6.33. The van der Waals surface area contributed by atoms with E-state index in [0.29, 0.717) is 34.4 Å². The van der Waals surface area contributed by atoms with Crippen LogP contribution in [0.15, 0.2) is 42.6 Å². The summed E-state index contributed by atoms with van der Waals surface area (Å²) in [5.74, 6) is 0.159. The minimum absolute atomic E-state index is 0.198. The van der Waals surface area contributed by atoms with Gasteiger partial charge in [-0.3, -0.25) is 4.98 Å². The first-order chi connectivity index (χ1) is 17.6. The topological polar surface area (TPSA) is 66.4 Å². The van der Waals surface area contributed by atoms with Crippen molar-refractivity contribution in [2.45, 2.75) is 18.9 Å². The number of pyridine rings is 1. The van der Waals surface area contributed by atoms with Crippen LogP contribution >= 0.6 is 11.6 Å². The number of aromatic nitrogens is 3. The van der Waals surface area contributed by atoms with Crippen molar-refractivity contribution in [3.63, 3.8) is 0 Å². The van der Waals surface area contributed by atoms with Crippen LogP contribution in [0.5, 0.6) is 6.01 Å². The molecule has 1 N–H and O–H groups in total. The monoisotopic (exact) mass is 506 g/mol. The molecule has 4 heterocycles. The first kappa shape index (κ1) is 23.3. The highest BCUT2D eigenvalue weighted by Crippen LogP contribution is 2.37. The molecule has 9 heteroatoms. The van der Waals surface area contributed by atoms with Crippen molar-refractivity contribution < 1.29 is 9.13 Å². The maximum atomic E-state index is 16.3. The molecule has 1 atom stereocenters. The van der Waals surface area contributed by atoms with Gasteiger partial charge in [-0.25, -0.2) is 4.39 Å². The zero-order valence-electron chi connectivity index (χ0n) is 20.2. The van der Waals surface area contributed by atoms with Gasteiger partial charge in [0.25, 0.3) is 0 Å². The lowest BCUT2D eigenvalue weighted by atomic mass is 10.0. The van der Waals surface area contributed by atoms with Crippen molar-refractivity contribution in [1.29, 1.82) is 0 Å². The quantitative estimate of drug-likeness (QED) is 0.427. The molecule has 1 unspecified atom stereocenters. The number of hydrogen-bond acceptors (Lipinski definition) is 7. The highest BCUT2D eigenvalue weighted by atomic mass is 35.5. The van der Waals surface area contributed by atoms with Crippen LogP contribution in [0.3, 0.4) is 0 Å². The van der Waals surface area contributed by atoms with Gasteiger partial charge >= 0.3 is 6.01 Å². The fourth-order valence-corrected chi connectivity index (χ4v) is 5.53. The van der Waals surface area contributed by atoms with E-state index in [-0.39, 0.29) is 17.2 Å². The molecule has 2 aliphatic rings. The molecule has 186 valence electrons. The standard InChI is InChI=1S/C27H28ClFN6O/c1-34-12-4-7-18(34)16-36-27-32-25-20(26(33-27)35-13-10-30-11-14-35)15-31-24(23(25)29)19-8-2-5-17-6-3-9-21(28)22(17)19/h2-3,5-6,8-9,15,18,30H,4,7,10-14,16H2,1H3. The Balaban J connectivity index is 1.48. The summed E-state index contributed by atoms with van der Waals surface area (Å²) < 4.78 is 22.3. The lowest BCUT2D eigenvalue weighted by molar-refractivity contribution is 0.188. The number of nitrogens with zero attached hydrogens (tertiary/aromatic N) is 5. The molecule has 7 nitrogen and oxygen atoms in total. The number of benzene rings is 2. The molecule has 6 rings (SSSR count). The number of anilines is 1. The van der Waals surface area contributed by atoms with Crippen LogP contribution in [-0.4, -0.2) is 72.3 Å². The van der Waals surface area contributed by atoms with Crippen LogP contribution in [0.2, 0.25) is 5.02 Å². The van der Waals surface area contributed by atoms with E-state index in [1.807, 2.05) is 36.4 Å². The molecule has 2 aromatic heterocycles. The smallest absolute Gasteiger partial charge is 0.319 e. The fraction of sp³-hybridized carbons (Fsp3) is 0.370. The van der Waals surface area contributed by atoms with Crippen molar-refractivity contribution in [3.8, 4) is 17.3 Å². The Morgan fingerprint density at radius 2 is 1.92 bits per heavy atom. The molecule has 2 aromatic carbocycles. The maximum absolute atomic E-state index is 16.3. The minimum Gasteiger partial charge on any atom is -0.462 e. The van der Waals surface area contributed by atoms with Crippen LogP contribution in [0.4, 0.5) is 10.2 Å². The summed E-state index contributed by atoms with van der Waals surface area (Å²) in [5, 5.41) is 6.18. The lowest BCUT2D eigenvalue weighted by Gasteiger charge is -2.29. The zero-order chi connectivity index (χ0) is 24.6. The van der Waals surface area contributed by atoms with Crippen LogP contribution in [-0.2, 0) is 0 Å². The summed E-state index contributed by atoms with van der Waals surface area (Å²) in [4.78, 5) is 18.3. The highest BCUT2D eigenvalue weighted by Gasteiger charge is 2.25. The first-order valence-electron chi connectivity index (χ1n) is 12.4. The lowest BCUT2D eigenvalue weighted by Crippen LogP contribution is -2.44. The van der Waals surface area contributed by atoms with Crippen LogP contribution in [0, 0.1) is 5.82 Å². The molecule has 0 radical (unpaired) electrons. The van der Waals surface area contributed by atoms with Crippen molar-refractivity contribution in [1.82, 2.24) is 25.2 Å². The Morgan fingerprint density at radius 1 is 1.11 bits per heavy atom. The van der Waals surface area contributed by atoms with E-state index >= 15 is 4.39 Å². The molecule has 0 saturated carbocycles. The van der Waals surface area contributed by atoms with Crippen molar-refractivity contribution in [3.05, 3.63) is 53.4 Å². The van der Waals surface area contributed by atoms with E-state index in [0.717, 1.165) is 56.3 Å². The van der Waals surface area contributed by atoms with Gasteiger partial charge in [0, 0.05) is 54.4 Å². The van der Waals surface area contributed by atoms with Gasteiger partial charge in [0.1, 0.15) is 23.6 Å². The third kappa shape index (κ3) is 4.23. The molecule has 36 heavy (non-hydrogen) atoms. The summed E-state index contributed by atoms with van der Waals surface area (Å²) >= 11 is 6.54. The third-order valence-corrected chi connectivity index (χ3v) is 7.56. The Bertz CT molecular complexity index is 1420. The SMILES string of the molecule is CN1CCCC1COc1nc(N2CCNCC2)c2cnc(-c3cccc4cccc(Cl)c34)c(F)c2n1. The van der Waals surface area contributed by atoms with Gasteiger partial charge in [-0.1, -0.05) is 41.9 Å². The summed E-state index contributed by atoms with van der Waals surface area (Å²) in [6, 6.07) is 11.8. The fourth-order valence-electron chi connectivity index (χ4n) is 5.24. The number of nitrogens with one attached hydrogen (secondary N) is 1. The number of halogens is 2. The number of rotatable bonds is 5. The Morgan fingerprint density at radius 3 is 2.69 bits per heavy atom. The summed E-state index contributed by atoms with van der Waals surface area (Å²) in [5.41, 5.74) is 1.06. The molecule has 0 aliphatic carbocycles. The number of hydrogen-bond donors (Lipinski definition) is 1. The average molecular weight is 507 g/mol. The third-order valence-electron chi connectivity index (χ3n) is 7.25. The van der Waals surface area contributed by atoms with Crippen LogP contribution in [0.1, 0.15) is 12.8 Å². The summed E-state index contributed by atoms with van der Waals surface area (Å²) in [7, 11) is 2.10. The Hall–Kier alpha value is -3.07. The summed E-state index contributed by atoms with van der Waals surface area (Å²) in [6.45, 7) is 4.71. The summed E-state index contributed by atoms with van der Waals surface area (Å²) in [6.07, 6.45) is 3.89. The predicted octanol–water partition coefficient (Wildman–Crippen LogP) is 4.52. The second-order valence-corrected chi connectivity index (χ2v) is 9.89.